The first kappa shape index (κ1) is 14.2. The summed E-state index contributed by atoms with van der Waals surface area (Å²) in [6, 6.07) is 5.24. The molecule has 0 aliphatic rings. The second-order valence-corrected chi connectivity index (χ2v) is 2.96. The van der Waals surface area contributed by atoms with Crippen molar-refractivity contribution in [2.24, 2.45) is 0 Å². The van der Waals surface area contributed by atoms with E-state index in [1.165, 1.54) is 0 Å². The molecule has 0 atom stereocenters. The molecule has 0 saturated carbocycles. The van der Waals surface area contributed by atoms with Gasteiger partial charge in [0, 0.05) is 12.7 Å². The van der Waals surface area contributed by atoms with Crippen molar-refractivity contribution >= 4 is 11.6 Å². The molecule has 0 unspecified atom stereocenters. The smallest absolute Gasteiger partial charge is 0.214 e. The molecular weight excluding hydrogens is 214 g/mol. The van der Waals surface area contributed by atoms with Gasteiger partial charge in [-0.1, -0.05) is 31.5 Å². The quantitative estimate of drug-likeness (QED) is 0.626. The first-order valence-corrected chi connectivity index (χ1v) is 5.57. The maximum absolute atomic E-state index is 8.52. The molecule has 0 saturated heterocycles. The molecule has 0 radical (unpaired) electrons. The summed E-state index contributed by atoms with van der Waals surface area (Å²) in [4.78, 5) is 3.95. The van der Waals surface area contributed by atoms with Crippen molar-refractivity contribution in [1.82, 2.24) is 4.98 Å². The highest BCUT2D eigenvalue weighted by atomic mass is 35.5. The van der Waals surface area contributed by atoms with Gasteiger partial charge in [0.1, 0.15) is 5.15 Å². The molecule has 86 valence electrons. The Balaban J connectivity index is 0.000000921. The van der Waals surface area contributed by atoms with E-state index >= 15 is 0 Å². The lowest BCUT2D eigenvalue weighted by molar-refractivity contribution is 0.249. The van der Waals surface area contributed by atoms with E-state index in [-0.39, 0.29) is 6.61 Å². The molecule has 1 aromatic rings. The van der Waals surface area contributed by atoms with Crippen LogP contribution >= 0.6 is 11.6 Å². The Hall–Kier alpha value is -0.800. The molecule has 0 aliphatic carbocycles. The Morgan fingerprint density at radius 1 is 1.33 bits per heavy atom. The fourth-order valence-electron chi connectivity index (χ4n) is 0.861. The van der Waals surface area contributed by atoms with Crippen LogP contribution in [0.15, 0.2) is 18.2 Å². The van der Waals surface area contributed by atoms with Gasteiger partial charge in [0.15, 0.2) is 0 Å². The van der Waals surface area contributed by atoms with E-state index in [2.05, 4.69) is 4.98 Å². The van der Waals surface area contributed by atoms with E-state index in [9.17, 15) is 0 Å². The molecule has 4 heteroatoms. The lowest BCUT2D eigenvalue weighted by Crippen LogP contribution is -1.99. The van der Waals surface area contributed by atoms with Gasteiger partial charge in [-0.05, 0) is 18.9 Å². The van der Waals surface area contributed by atoms with Crippen LogP contribution in [0.4, 0.5) is 0 Å². The Morgan fingerprint density at radius 2 is 2.07 bits per heavy atom. The summed E-state index contributed by atoms with van der Waals surface area (Å²) in [6.45, 7) is 4.76. The molecule has 1 rings (SSSR count). The second kappa shape index (κ2) is 9.74. The lowest BCUT2D eigenvalue weighted by atomic mass is 10.3. The average molecular weight is 232 g/mol. The highest BCUT2D eigenvalue weighted by Crippen LogP contribution is 2.11. The van der Waals surface area contributed by atoms with Gasteiger partial charge in [-0.3, -0.25) is 0 Å². The molecule has 0 fully saturated rings. The minimum atomic E-state index is 0.201. The first-order chi connectivity index (χ1) is 7.33. The highest BCUT2D eigenvalue weighted by Gasteiger charge is 1.95. The number of hydrogen-bond acceptors (Lipinski definition) is 3. The van der Waals surface area contributed by atoms with Crippen LogP contribution in [0.25, 0.3) is 0 Å². The Labute approximate surface area is 96.1 Å². The SMILES string of the molecule is CC.OCCCCOc1cccc(Cl)n1. The third-order valence-electron chi connectivity index (χ3n) is 1.49. The summed E-state index contributed by atoms with van der Waals surface area (Å²) in [5, 5.41) is 8.95. The van der Waals surface area contributed by atoms with Gasteiger partial charge in [-0.2, -0.15) is 0 Å². The summed E-state index contributed by atoms with van der Waals surface area (Å²) in [7, 11) is 0. The zero-order valence-electron chi connectivity index (χ0n) is 9.24. The van der Waals surface area contributed by atoms with Crippen LogP contribution in [0.1, 0.15) is 26.7 Å². The van der Waals surface area contributed by atoms with Gasteiger partial charge in [-0.25, -0.2) is 4.98 Å². The summed E-state index contributed by atoms with van der Waals surface area (Å²) < 4.78 is 5.28. The maximum Gasteiger partial charge on any atom is 0.214 e. The van der Waals surface area contributed by atoms with Crippen molar-refractivity contribution in [3.63, 3.8) is 0 Å². The van der Waals surface area contributed by atoms with Crippen LogP contribution in [0, 0.1) is 0 Å². The third kappa shape index (κ3) is 7.17. The summed E-state index contributed by atoms with van der Waals surface area (Å²) >= 11 is 5.65. The predicted octanol–water partition coefficient (Wildman–Crippen LogP) is 2.91. The fraction of sp³-hybridized carbons (Fsp3) is 0.545. The number of hydrogen-bond donors (Lipinski definition) is 1. The first-order valence-electron chi connectivity index (χ1n) is 5.19. The van der Waals surface area contributed by atoms with Gasteiger partial charge in [-0.15, -0.1) is 0 Å². The van der Waals surface area contributed by atoms with E-state index in [1.54, 1.807) is 18.2 Å². The maximum atomic E-state index is 8.52. The van der Waals surface area contributed by atoms with Crippen molar-refractivity contribution < 1.29 is 9.84 Å². The van der Waals surface area contributed by atoms with Crippen LogP contribution < -0.4 is 4.74 Å². The molecule has 15 heavy (non-hydrogen) atoms. The normalized spacial score (nSPS) is 9.07. The van der Waals surface area contributed by atoms with E-state index in [0.29, 0.717) is 17.6 Å². The molecule has 1 aromatic heterocycles. The van der Waals surface area contributed by atoms with Crippen molar-refractivity contribution in [2.45, 2.75) is 26.7 Å². The van der Waals surface area contributed by atoms with Crippen LogP contribution in [0.2, 0.25) is 5.15 Å². The molecule has 0 aromatic carbocycles. The van der Waals surface area contributed by atoms with Crippen molar-refractivity contribution in [3.8, 4) is 5.88 Å². The van der Waals surface area contributed by atoms with Gasteiger partial charge in [0.25, 0.3) is 0 Å². The third-order valence-corrected chi connectivity index (χ3v) is 1.70. The molecule has 0 aliphatic heterocycles. The van der Waals surface area contributed by atoms with Crippen molar-refractivity contribution in [1.29, 1.82) is 0 Å². The predicted molar refractivity (Wildman–Crippen MR) is 62.4 cm³/mol. The minimum Gasteiger partial charge on any atom is -0.478 e. The number of halogens is 1. The Morgan fingerprint density at radius 3 is 2.67 bits per heavy atom. The van der Waals surface area contributed by atoms with E-state index in [1.807, 2.05) is 13.8 Å². The van der Waals surface area contributed by atoms with E-state index in [0.717, 1.165) is 12.8 Å². The number of pyridine rings is 1. The zero-order chi connectivity index (χ0) is 11.5. The van der Waals surface area contributed by atoms with Gasteiger partial charge in [0.05, 0.1) is 6.61 Å². The Bertz CT molecular complexity index is 256. The fourth-order valence-corrected chi connectivity index (χ4v) is 1.02. The van der Waals surface area contributed by atoms with Crippen LogP contribution in [0.5, 0.6) is 5.88 Å². The number of aliphatic hydroxyl groups is 1. The number of rotatable bonds is 5. The monoisotopic (exact) mass is 231 g/mol. The number of nitrogens with zero attached hydrogens (tertiary/aromatic N) is 1. The number of aliphatic hydroxyl groups excluding tert-OH is 1. The standard InChI is InChI=1S/C9H12ClNO2.C2H6/c10-8-4-3-5-9(11-8)13-7-2-1-6-12;1-2/h3-5,12H,1-2,6-7H2;1-2H3. The minimum absolute atomic E-state index is 0.201. The van der Waals surface area contributed by atoms with Crippen molar-refractivity contribution in [2.75, 3.05) is 13.2 Å². The lowest BCUT2D eigenvalue weighted by Gasteiger charge is -2.03. The van der Waals surface area contributed by atoms with Gasteiger partial charge < -0.3 is 9.84 Å². The summed E-state index contributed by atoms with van der Waals surface area (Å²) in [5.74, 6) is 0.533. The largest absolute Gasteiger partial charge is 0.478 e. The molecule has 0 bridgehead atoms. The Kier molecular flexibility index (Phi) is 9.22. The number of aromatic nitrogens is 1. The summed E-state index contributed by atoms with van der Waals surface area (Å²) in [6.07, 6.45) is 1.57. The van der Waals surface area contributed by atoms with Crippen LogP contribution in [-0.2, 0) is 0 Å². The van der Waals surface area contributed by atoms with Gasteiger partial charge >= 0.3 is 0 Å². The molecular formula is C11H18ClNO2. The van der Waals surface area contributed by atoms with Crippen LogP contribution in [-0.4, -0.2) is 23.3 Å². The molecule has 0 spiro atoms. The molecule has 0 amide bonds. The average Bonchev–Trinajstić information content (AvgIpc) is 2.27. The molecule has 1 N–H and O–H groups in total. The molecule has 3 nitrogen and oxygen atoms in total. The number of unbranched alkanes of at least 4 members (excludes halogenated alkanes) is 1. The number of ether oxygens (including phenoxy) is 1. The highest BCUT2D eigenvalue weighted by molar-refractivity contribution is 6.29. The van der Waals surface area contributed by atoms with E-state index < -0.39 is 0 Å². The van der Waals surface area contributed by atoms with Crippen LogP contribution in [0.3, 0.4) is 0 Å². The van der Waals surface area contributed by atoms with Crippen molar-refractivity contribution in [3.05, 3.63) is 23.4 Å². The van der Waals surface area contributed by atoms with Gasteiger partial charge in [0.2, 0.25) is 5.88 Å². The summed E-state index contributed by atoms with van der Waals surface area (Å²) in [5.41, 5.74) is 0. The molecule has 1 heterocycles. The van der Waals surface area contributed by atoms with E-state index in [4.69, 9.17) is 21.4 Å². The zero-order valence-corrected chi connectivity index (χ0v) is 10.00. The topological polar surface area (TPSA) is 42.4 Å². The second-order valence-electron chi connectivity index (χ2n) is 2.58.